The minimum Gasteiger partial charge on any atom is -0.344 e. The van der Waals surface area contributed by atoms with Crippen LogP contribution in [0.3, 0.4) is 0 Å². The van der Waals surface area contributed by atoms with Gasteiger partial charge in [-0.3, -0.25) is 4.79 Å². The maximum Gasteiger partial charge on any atom is 0.270 e. The van der Waals surface area contributed by atoms with Crippen molar-refractivity contribution >= 4 is 5.91 Å². The van der Waals surface area contributed by atoms with Crippen molar-refractivity contribution in [1.82, 2.24) is 9.47 Å². The average Bonchev–Trinajstić information content (AvgIpc) is 2.60. The summed E-state index contributed by atoms with van der Waals surface area (Å²) < 4.78 is 1.94. The topological polar surface area (TPSA) is 51.3 Å². The standard InChI is InChI=1S/C12H19N3O/c1-9-3-4-11(14(9)2)12(16)15-7-5-10(13)6-8-15/h3-4,10H,5-8,13H2,1-2H3. The fourth-order valence-electron chi connectivity index (χ4n) is 2.09. The van der Waals surface area contributed by atoms with Crippen LogP contribution >= 0.6 is 0 Å². The van der Waals surface area contributed by atoms with Gasteiger partial charge in [0.2, 0.25) is 0 Å². The summed E-state index contributed by atoms with van der Waals surface area (Å²) in [5.41, 5.74) is 7.71. The number of hydrogen-bond donors (Lipinski definition) is 1. The van der Waals surface area contributed by atoms with E-state index in [0.717, 1.165) is 37.3 Å². The summed E-state index contributed by atoms with van der Waals surface area (Å²) in [5.74, 6) is 0.127. The quantitative estimate of drug-likeness (QED) is 0.766. The van der Waals surface area contributed by atoms with Gasteiger partial charge in [-0.25, -0.2) is 0 Å². The Morgan fingerprint density at radius 2 is 2.00 bits per heavy atom. The van der Waals surface area contributed by atoms with Crippen molar-refractivity contribution in [2.75, 3.05) is 13.1 Å². The Balaban J connectivity index is 2.11. The first-order valence-corrected chi connectivity index (χ1v) is 5.77. The van der Waals surface area contributed by atoms with E-state index in [1.807, 2.05) is 35.6 Å². The zero-order valence-electron chi connectivity index (χ0n) is 9.94. The number of carbonyl (C=O) groups excluding carboxylic acids is 1. The molecule has 0 spiro atoms. The van der Waals surface area contributed by atoms with Crippen molar-refractivity contribution in [3.8, 4) is 0 Å². The Hall–Kier alpha value is -1.29. The molecule has 0 unspecified atom stereocenters. The van der Waals surface area contributed by atoms with Gasteiger partial charge in [0, 0.05) is 31.9 Å². The van der Waals surface area contributed by atoms with Gasteiger partial charge in [-0.05, 0) is 31.9 Å². The fourth-order valence-corrected chi connectivity index (χ4v) is 2.09. The largest absolute Gasteiger partial charge is 0.344 e. The second kappa shape index (κ2) is 4.29. The predicted octanol–water partition coefficient (Wildman–Crippen LogP) is 0.897. The molecular weight excluding hydrogens is 202 g/mol. The maximum absolute atomic E-state index is 12.2. The molecule has 1 amide bonds. The molecule has 1 aliphatic rings. The van der Waals surface area contributed by atoms with Gasteiger partial charge in [0.15, 0.2) is 0 Å². The zero-order valence-corrected chi connectivity index (χ0v) is 9.94. The van der Waals surface area contributed by atoms with Gasteiger partial charge in [0.1, 0.15) is 5.69 Å². The highest BCUT2D eigenvalue weighted by molar-refractivity contribution is 5.93. The van der Waals surface area contributed by atoms with Crippen molar-refractivity contribution in [1.29, 1.82) is 0 Å². The lowest BCUT2D eigenvalue weighted by molar-refractivity contribution is 0.0705. The Bertz CT molecular complexity index is 389. The van der Waals surface area contributed by atoms with E-state index < -0.39 is 0 Å². The van der Waals surface area contributed by atoms with Gasteiger partial charge >= 0.3 is 0 Å². The lowest BCUT2D eigenvalue weighted by Gasteiger charge is -2.30. The van der Waals surface area contributed by atoms with Crippen LogP contribution < -0.4 is 5.73 Å². The Kier molecular flexibility index (Phi) is 3.01. The van der Waals surface area contributed by atoms with Crippen molar-refractivity contribution < 1.29 is 4.79 Å². The zero-order chi connectivity index (χ0) is 11.7. The van der Waals surface area contributed by atoms with E-state index >= 15 is 0 Å². The van der Waals surface area contributed by atoms with Gasteiger partial charge in [-0.2, -0.15) is 0 Å². The second-order valence-corrected chi connectivity index (χ2v) is 4.55. The van der Waals surface area contributed by atoms with Crippen molar-refractivity contribution in [2.24, 2.45) is 12.8 Å². The molecule has 0 aromatic carbocycles. The van der Waals surface area contributed by atoms with Crippen LogP contribution in [-0.2, 0) is 7.05 Å². The van der Waals surface area contributed by atoms with Crippen LogP contribution in [-0.4, -0.2) is 34.5 Å². The molecule has 1 fully saturated rings. The van der Waals surface area contributed by atoms with E-state index in [0.29, 0.717) is 0 Å². The van der Waals surface area contributed by atoms with Crippen molar-refractivity contribution in [3.63, 3.8) is 0 Å². The predicted molar refractivity (Wildman–Crippen MR) is 63.3 cm³/mol. The molecule has 88 valence electrons. The second-order valence-electron chi connectivity index (χ2n) is 4.55. The number of aromatic nitrogens is 1. The van der Waals surface area contributed by atoms with Crippen LogP contribution in [0.15, 0.2) is 12.1 Å². The molecule has 0 bridgehead atoms. The third-order valence-corrected chi connectivity index (χ3v) is 3.42. The minimum atomic E-state index is 0.127. The molecule has 1 saturated heterocycles. The Morgan fingerprint density at radius 3 is 2.50 bits per heavy atom. The lowest BCUT2D eigenvalue weighted by Crippen LogP contribution is -2.43. The van der Waals surface area contributed by atoms with Gasteiger partial charge < -0.3 is 15.2 Å². The average molecular weight is 221 g/mol. The number of nitrogens with two attached hydrogens (primary N) is 1. The first kappa shape index (κ1) is 11.2. The van der Waals surface area contributed by atoms with Gasteiger partial charge in [-0.1, -0.05) is 0 Å². The molecule has 4 heteroatoms. The van der Waals surface area contributed by atoms with Crippen LogP contribution in [0.5, 0.6) is 0 Å². The van der Waals surface area contributed by atoms with E-state index in [2.05, 4.69) is 0 Å². The number of likely N-dealkylation sites (tertiary alicyclic amines) is 1. The van der Waals surface area contributed by atoms with Crippen molar-refractivity contribution in [3.05, 3.63) is 23.5 Å². The van der Waals surface area contributed by atoms with Gasteiger partial charge in [0.25, 0.3) is 5.91 Å². The van der Waals surface area contributed by atoms with E-state index in [-0.39, 0.29) is 11.9 Å². The summed E-state index contributed by atoms with van der Waals surface area (Å²) in [4.78, 5) is 14.1. The molecule has 0 saturated carbocycles. The molecule has 0 radical (unpaired) electrons. The van der Waals surface area contributed by atoms with Gasteiger partial charge in [0.05, 0.1) is 0 Å². The summed E-state index contributed by atoms with van der Waals surface area (Å²) in [7, 11) is 1.93. The molecule has 0 atom stereocenters. The highest BCUT2D eigenvalue weighted by Crippen LogP contribution is 2.14. The lowest BCUT2D eigenvalue weighted by atomic mass is 10.1. The molecule has 1 aromatic rings. The number of nitrogens with zero attached hydrogens (tertiary/aromatic N) is 2. The number of carbonyl (C=O) groups is 1. The summed E-state index contributed by atoms with van der Waals surface area (Å²) in [5, 5.41) is 0. The summed E-state index contributed by atoms with van der Waals surface area (Å²) in [6.07, 6.45) is 1.82. The van der Waals surface area contributed by atoms with Gasteiger partial charge in [-0.15, -0.1) is 0 Å². The molecule has 1 aromatic heterocycles. The van der Waals surface area contributed by atoms with Crippen LogP contribution in [0.4, 0.5) is 0 Å². The Labute approximate surface area is 96.0 Å². The minimum absolute atomic E-state index is 0.127. The normalized spacial score (nSPS) is 17.8. The Morgan fingerprint density at radius 1 is 1.38 bits per heavy atom. The maximum atomic E-state index is 12.2. The number of hydrogen-bond acceptors (Lipinski definition) is 2. The smallest absolute Gasteiger partial charge is 0.270 e. The molecule has 1 aliphatic heterocycles. The molecular formula is C12H19N3O. The van der Waals surface area contributed by atoms with E-state index in [9.17, 15) is 4.79 Å². The SMILES string of the molecule is Cc1ccc(C(=O)N2CCC(N)CC2)n1C. The van der Waals surface area contributed by atoms with E-state index in [1.165, 1.54) is 0 Å². The molecule has 0 aliphatic carbocycles. The monoisotopic (exact) mass is 221 g/mol. The number of rotatable bonds is 1. The van der Waals surface area contributed by atoms with Crippen LogP contribution in [0.2, 0.25) is 0 Å². The highest BCUT2D eigenvalue weighted by atomic mass is 16.2. The number of aryl methyl sites for hydroxylation is 1. The van der Waals surface area contributed by atoms with E-state index in [4.69, 9.17) is 5.73 Å². The van der Waals surface area contributed by atoms with Crippen molar-refractivity contribution in [2.45, 2.75) is 25.8 Å². The van der Waals surface area contributed by atoms with E-state index in [1.54, 1.807) is 0 Å². The first-order chi connectivity index (χ1) is 7.59. The third kappa shape index (κ3) is 1.97. The van der Waals surface area contributed by atoms with Crippen LogP contribution in [0.1, 0.15) is 29.0 Å². The first-order valence-electron chi connectivity index (χ1n) is 5.77. The number of amides is 1. The number of piperidine rings is 1. The van der Waals surface area contributed by atoms with Crippen LogP contribution in [0, 0.1) is 6.92 Å². The highest BCUT2D eigenvalue weighted by Gasteiger charge is 2.23. The third-order valence-electron chi connectivity index (χ3n) is 3.42. The summed E-state index contributed by atoms with van der Waals surface area (Å²) >= 11 is 0. The van der Waals surface area contributed by atoms with Crippen LogP contribution in [0.25, 0.3) is 0 Å². The summed E-state index contributed by atoms with van der Waals surface area (Å²) in [6.45, 7) is 3.57. The summed E-state index contributed by atoms with van der Waals surface area (Å²) in [6, 6.07) is 4.13. The molecule has 2 N–H and O–H groups in total. The molecule has 2 heterocycles. The molecule has 16 heavy (non-hydrogen) atoms. The fraction of sp³-hybridized carbons (Fsp3) is 0.583. The molecule has 2 rings (SSSR count). The molecule has 4 nitrogen and oxygen atoms in total.